The van der Waals surface area contributed by atoms with Gasteiger partial charge in [0.05, 0.1) is 63.5 Å². The van der Waals surface area contributed by atoms with Gasteiger partial charge in [-0.3, -0.25) is 53.4 Å². The van der Waals surface area contributed by atoms with E-state index in [0.29, 0.717) is 80.1 Å². The van der Waals surface area contributed by atoms with Crippen LogP contribution in [0.3, 0.4) is 0 Å². The Kier molecular flexibility index (Phi) is 17.0. The Hall–Kier alpha value is -6.54. The third kappa shape index (κ3) is 14.0. The Morgan fingerprint density at radius 2 is 1.28 bits per heavy atom. The molecule has 0 saturated carbocycles. The number of ether oxygens (including phenoxy) is 2. The lowest BCUT2D eigenvalue weighted by molar-refractivity contribution is -0.141. The van der Waals surface area contributed by atoms with Gasteiger partial charge < -0.3 is 39.9 Å². The molecule has 3 amide bonds. The number of aromatic nitrogens is 1. The number of fused-ring (bicyclic) bond motifs is 1. The van der Waals surface area contributed by atoms with Crippen LogP contribution in [0.4, 0.5) is 8.78 Å². The molecule has 0 spiro atoms. The molecule has 4 N–H and O–H groups in total. The van der Waals surface area contributed by atoms with Crippen molar-refractivity contribution >= 4 is 46.5 Å². The second-order valence-electron chi connectivity index (χ2n) is 16.8. The van der Waals surface area contributed by atoms with E-state index in [1.165, 1.54) is 19.4 Å². The summed E-state index contributed by atoms with van der Waals surface area (Å²) in [5.41, 5.74) is 2.12. The van der Waals surface area contributed by atoms with Crippen LogP contribution >= 0.6 is 0 Å². The van der Waals surface area contributed by atoms with Crippen molar-refractivity contribution in [3.05, 3.63) is 54.2 Å². The van der Waals surface area contributed by atoms with Gasteiger partial charge in [-0.15, -0.1) is 0 Å². The highest BCUT2D eigenvalue weighted by molar-refractivity contribution is 6.07. The maximum Gasteiger partial charge on any atom is 0.317 e. The van der Waals surface area contributed by atoms with Gasteiger partial charge in [-0.2, -0.15) is 5.26 Å². The molecule has 67 heavy (non-hydrogen) atoms. The molecule has 3 fully saturated rings. The normalized spacial score (nSPS) is 19.5. The van der Waals surface area contributed by atoms with Gasteiger partial charge in [-0.1, -0.05) is 12.1 Å². The maximum absolute atomic E-state index is 13.9. The molecule has 3 aromatic rings. The molecule has 3 aliphatic rings. The summed E-state index contributed by atoms with van der Waals surface area (Å²) in [5, 5.41) is 40.8. The second kappa shape index (κ2) is 22.8. The average molecular weight is 936 g/mol. The molecule has 1 aromatic heterocycles. The minimum Gasteiger partial charge on any atom is -0.493 e. The van der Waals surface area contributed by atoms with Gasteiger partial charge in [0.2, 0.25) is 11.8 Å². The number of aliphatic carboxylic acids is 3. The number of carbonyl (C=O) groups excluding carboxylic acids is 3. The van der Waals surface area contributed by atoms with Crippen LogP contribution in [0.1, 0.15) is 29.6 Å². The van der Waals surface area contributed by atoms with E-state index in [-0.39, 0.29) is 69.9 Å². The van der Waals surface area contributed by atoms with Crippen LogP contribution in [0.15, 0.2) is 48.7 Å². The third-order valence-electron chi connectivity index (χ3n) is 12.1. The fraction of sp³-hybridized carbons (Fsp3) is 0.511. The van der Waals surface area contributed by atoms with Crippen molar-refractivity contribution < 1.29 is 62.3 Å². The van der Waals surface area contributed by atoms with Crippen LogP contribution in [0.2, 0.25) is 0 Å². The number of carboxylic acids is 3. The van der Waals surface area contributed by atoms with Crippen LogP contribution < -0.4 is 14.8 Å². The van der Waals surface area contributed by atoms with E-state index < -0.39 is 61.2 Å². The van der Waals surface area contributed by atoms with Gasteiger partial charge in [0, 0.05) is 96.3 Å². The number of carbonyl (C=O) groups is 6. The van der Waals surface area contributed by atoms with Gasteiger partial charge in [-0.25, -0.2) is 8.78 Å². The van der Waals surface area contributed by atoms with Crippen molar-refractivity contribution in [2.24, 2.45) is 0 Å². The molecular weight excluding hydrogens is 881 g/mol. The van der Waals surface area contributed by atoms with E-state index in [9.17, 15) is 58.1 Å². The zero-order valence-electron chi connectivity index (χ0n) is 37.1. The maximum atomic E-state index is 13.9. The number of alkyl halides is 2. The largest absolute Gasteiger partial charge is 0.493 e. The monoisotopic (exact) mass is 935 g/mol. The highest BCUT2D eigenvalue weighted by atomic mass is 19.3. The summed E-state index contributed by atoms with van der Waals surface area (Å²) in [6.45, 7) is 0.867. The zero-order valence-corrected chi connectivity index (χ0v) is 37.1. The molecule has 0 bridgehead atoms. The summed E-state index contributed by atoms with van der Waals surface area (Å²) in [4.78, 5) is 88.7. The van der Waals surface area contributed by atoms with E-state index in [1.54, 1.807) is 43.9 Å². The Morgan fingerprint density at radius 1 is 0.746 bits per heavy atom. The van der Waals surface area contributed by atoms with Gasteiger partial charge in [-0.05, 0) is 41.5 Å². The summed E-state index contributed by atoms with van der Waals surface area (Å²) in [6.07, 6.45) is 1.41. The zero-order chi connectivity index (χ0) is 48.3. The number of halogens is 2. The second-order valence-corrected chi connectivity index (χ2v) is 16.8. The summed E-state index contributed by atoms with van der Waals surface area (Å²) in [6, 6.07) is 12.6. The quantitative estimate of drug-likeness (QED) is 0.167. The fourth-order valence-corrected chi connectivity index (χ4v) is 8.50. The molecule has 2 aromatic carbocycles. The van der Waals surface area contributed by atoms with Gasteiger partial charge in [0.25, 0.3) is 11.8 Å². The number of likely N-dealkylation sites (tertiary alicyclic amines) is 2. The van der Waals surface area contributed by atoms with Crippen LogP contribution in [0.25, 0.3) is 22.0 Å². The minimum atomic E-state index is -3.19. The third-order valence-corrected chi connectivity index (χ3v) is 12.1. The number of carboxylic acid groups (broad SMARTS) is 3. The molecular formula is C45H55F2N9O11. The molecule has 3 saturated heterocycles. The summed E-state index contributed by atoms with van der Waals surface area (Å²) in [5.74, 6) is -6.93. The SMILES string of the molecule is COc1ccc(-c2ccc3nccc(C(=O)NCC(=O)N4CC(F)(F)C[C@H]4C#N)c3c2)cc1OC1CCN(C(=O)CN2CCN(CC(=O)O)CCN(CC(=O)O)CCN(CC(=O)O)CC2)CC1. The number of nitrogens with one attached hydrogen (secondary N) is 1. The first-order valence-electron chi connectivity index (χ1n) is 21.9. The lowest BCUT2D eigenvalue weighted by Gasteiger charge is -2.35. The van der Waals surface area contributed by atoms with Crippen LogP contribution in [0.5, 0.6) is 11.5 Å². The number of amides is 3. The molecule has 360 valence electrons. The molecule has 6 rings (SSSR count). The highest BCUT2D eigenvalue weighted by Gasteiger charge is 2.47. The first-order chi connectivity index (χ1) is 32.0. The summed E-state index contributed by atoms with van der Waals surface area (Å²) >= 11 is 0. The van der Waals surface area contributed by atoms with E-state index in [0.717, 1.165) is 10.5 Å². The number of benzene rings is 2. The van der Waals surface area contributed by atoms with Crippen LogP contribution in [-0.4, -0.2) is 215 Å². The van der Waals surface area contributed by atoms with Crippen molar-refractivity contribution in [3.63, 3.8) is 0 Å². The minimum absolute atomic E-state index is 0.0278. The molecule has 0 aliphatic carbocycles. The Labute approximate surface area is 385 Å². The highest BCUT2D eigenvalue weighted by Crippen LogP contribution is 2.36. The number of methoxy groups -OCH3 is 1. The average Bonchev–Trinajstić information content (AvgIpc) is 3.62. The van der Waals surface area contributed by atoms with E-state index in [4.69, 9.17) is 9.47 Å². The molecule has 1 atom stereocenters. The predicted molar refractivity (Wildman–Crippen MR) is 236 cm³/mol. The van der Waals surface area contributed by atoms with E-state index in [2.05, 4.69) is 10.3 Å². The number of nitrogens with zero attached hydrogens (tertiary/aromatic N) is 8. The molecule has 3 aliphatic heterocycles. The summed E-state index contributed by atoms with van der Waals surface area (Å²) < 4.78 is 40.0. The molecule has 0 unspecified atom stereocenters. The van der Waals surface area contributed by atoms with E-state index in [1.807, 2.05) is 23.1 Å². The molecule has 20 nitrogen and oxygen atoms in total. The number of nitriles is 1. The number of piperidine rings is 1. The summed E-state index contributed by atoms with van der Waals surface area (Å²) in [7, 11) is 1.52. The van der Waals surface area contributed by atoms with Crippen molar-refractivity contribution in [1.82, 2.24) is 39.7 Å². The molecule has 4 heterocycles. The first kappa shape index (κ1) is 49.9. The molecule has 0 radical (unpaired) electrons. The number of pyridine rings is 1. The van der Waals surface area contributed by atoms with Gasteiger partial charge in [0.1, 0.15) is 12.1 Å². The predicted octanol–water partition coefficient (Wildman–Crippen LogP) is 1.25. The Morgan fingerprint density at radius 3 is 1.82 bits per heavy atom. The molecule has 22 heteroatoms. The van der Waals surface area contributed by atoms with Gasteiger partial charge >= 0.3 is 17.9 Å². The lowest BCUT2D eigenvalue weighted by Crippen LogP contribution is -2.51. The first-order valence-corrected chi connectivity index (χ1v) is 21.9. The number of hydrogen-bond donors (Lipinski definition) is 4. The van der Waals surface area contributed by atoms with E-state index >= 15 is 0 Å². The van der Waals surface area contributed by atoms with Crippen LogP contribution in [-0.2, 0) is 24.0 Å². The Bertz CT molecular complexity index is 2310. The number of hydrogen-bond acceptors (Lipinski definition) is 14. The van der Waals surface area contributed by atoms with Crippen molar-refractivity contribution in [1.29, 1.82) is 5.26 Å². The van der Waals surface area contributed by atoms with Crippen molar-refractivity contribution in [2.75, 3.05) is 112 Å². The smallest absolute Gasteiger partial charge is 0.317 e. The van der Waals surface area contributed by atoms with Crippen LogP contribution in [0, 0.1) is 11.3 Å². The lowest BCUT2D eigenvalue weighted by atomic mass is 10.00. The number of rotatable bonds is 15. The van der Waals surface area contributed by atoms with Crippen molar-refractivity contribution in [3.8, 4) is 28.7 Å². The van der Waals surface area contributed by atoms with Crippen molar-refractivity contribution in [2.45, 2.75) is 37.3 Å². The fourth-order valence-electron chi connectivity index (χ4n) is 8.50. The Balaban J connectivity index is 1.08. The van der Waals surface area contributed by atoms with Gasteiger partial charge in [0.15, 0.2) is 11.5 Å². The topological polar surface area (TPSA) is 250 Å². The standard InChI is InChI=1S/C45H55F2N9O11/c1-66-37-5-3-31(30-2-4-36-35(20-30)34(6-9-49-36)44(65)50-24-39(57)56-29-45(46,47)22-32(56)23-48)21-38(37)67-33-7-10-55(11-8-33)40(58)25-51-12-14-52(26-41(59)60)16-18-54(28-43(63)64)19-17-53(15-13-51)27-42(61)62/h2-6,9,20-21,32-33H,7-8,10-19,22,24-29H2,1H3,(H,50,65)(H,59,60)(H,61,62)(H,63,64)/t32-/m0/s1.